The molecule has 2 rings (SSSR count). The molecule has 0 aliphatic carbocycles. The highest BCUT2D eigenvalue weighted by molar-refractivity contribution is 5.78. The number of carbonyl (C=O) groups is 1. The van der Waals surface area contributed by atoms with Crippen molar-refractivity contribution in [3.8, 4) is 0 Å². The maximum absolute atomic E-state index is 12.2. The summed E-state index contributed by atoms with van der Waals surface area (Å²) < 4.78 is 0. The van der Waals surface area contributed by atoms with E-state index in [1.165, 1.54) is 29.3 Å². The first-order valence-electron chi connectivity index (χ1n) is 11.8. The second-order valence-corrected chi connectivity index (χ2v) is 8.88. The lowest BCUT2D eigenvalue weighted by molar-refractivity contribution is -0.119. The fourth-order valence-electron chi connectivity index (χ4n) is 3.82. The van der Waals surface area contributed by atoms with Crippen LogP contribution in [0.15, 0.2) is 48.5 Å². The van der Waals surface area contributed by atoms with Crippen LogP contribution in [0.3, 0.4) is 0 Å². The molecule has 31 heavy (non-hydrogen) atoms. The quantitative estimate of drug-likeness (QED) is 0.383. The van der Waals surface area contributed by atoms with Gasteiger partial charge in [0, 0.05) is 18.3 Å². The normalized spacial score (nSPS) is 12.6. The second-order valence-electron chi connectivity index (χ2n) is 8.88. The van der Waals surface area contributed by atoms with E-state index in [4.69, 9.17) is 0 Å². The molecule has 0 saturated carbocycles. The number of hydrogen-bond acceptors (Lipinski definition) is 3. The van der Waals surface area contributed by atoms with E-state index in [2.05, 4.69) is 75.0 Å². The molecule has 0 bridgehead atoms. The Labute approximate surface area is 190 Å². The van der Waals surface area contributed by atoms with Crippen molar-refractivity contribution in [3.63, 3.8) is 0 Å². The van der Waals surface area contributed by atoms with E-state index in [1.54, 1.807) is 0 Å². The summed E-state index contributed by atoms with van der Waals surface area (Å²) in [5.74, 6) is 0.390. The van der Waals surface area contributed by atoms with Crippen LogP contribution >= 0.6 is 0 Å². The molecule has 172 valence electrons. The topological polar surface area (TPSA) is 63.3 Å². The molecule has 1 atom stereocenters. The Balaban J connectivity index is 0.00000233. The zero-order chi connectivity index (χ0) is 23.1. The van der Waals surface area contributed by atoms with Gasteiger partial charge in [-0.05, 0) is 64.1 Å². The summed E-state index contributed by atoms with van der Waals surface area (Å²) in [6.07, 6.45) is 8.58. The molecule has 0 spiro atoms. The molecule has 3 nitrogen and oxygen atoms in total. The lowest BCUT2D eigenvalue weighted by Gasteiger charge is -2.28. The summed E-state index contributed by atoms with van der Waals surface area (Å²) in [7, 11) is 1.50. The fourth-order valence-corrected chi connectivity index (χ4v) is 3.82. The SMILES string of the molecule is CN.Cc1ccc(CCCCCC(=O)CCCCC(C)(CO)c2ccc(C)cc2)cc1. The van der Waals surface area contributed by atoms with E-state index in [-0.39, 0.29) is 12.0 Å². The number of hydrogen-bond donors (Lipinski definition) is 2. The third-order valence-electron chi connectivity index (χ3n) is 6.07. The number of nitrogens with two attached hydrogens (primary N) is 1. The summed E-state index contributed by atoms with van der Waals surface area (Å²) in [5, 5.41) is 9.91. The van der Waals surface area contributed by atoms with E-state index < -0.39 is 0 Å². The van der Waals surface area contributed by atoms with Crippen molar-refractivity contribution in [2.45, 2.75) is 84.0 Å². The largest absolute Gasteiger partial charge is 0.395 e. The molecule has 0 radical (unpaired) electrons. The van der Waals surface area contributed by atoms with E-state index >= 15 is 0 Å². The van der Waals surface area contributed by atoms with Crippen LogP contribution in [0.5, 0.6) is 0 Å². The van der Waals surface area contributed by atoms with Gasteiger partial charge in [-0.15, -0.1) is 0 Å². The summed E-state index contributed by atoms with van der Waals surface area (Å²) >= 11 is 0. The Morgan fingerprint density at radius 1 is 0.806 bits per heavy atom. The Hall–Kier alpha value is -1.97. The molecule has 1 unspecified atom stereocenters. The summed E-state index contributed by atoms with van der Waals surface area (Å²) in [6, 6.07) is 17.2. The summed E-state index contributed by atoms with van der Waals surface area (Å²) in [6.45, 7) is 6.45. The predicted molar refractivity (Wildman–Crippen MR) is 133 cm³/mol. The molecular formula is C28H43NO2. The number of rotatable bonds is 13. The molecule has 3 N–H and O–H groups in total. The summed E-state index contributed by atoms with van der Waals surface area (Å²) in [5.41, 5.74) is 9.40. The van der Waals surface area contributed by atoms with Gasteiger partial charge in [-0.25, -0.2) is 0 Å². The highest BCUT2D eigenvalue weighted by atomic mass is 16.3. The van der Waals surface area contributed by atoms with E-state index in [0.29, 0.717) is 18.6 Å². The first-order valence-corrected chi connectivity index (χ1v) is 11.8. The molecule has 0 aromatic heterocycles. The van der Waals surface area contributed by atoms with Crippen molar-refractivity contribution in [1.29, 1.82) is 0 Å². The number of ketones is 1. The van der Waals surface area contributed by atoms with Gasteiger partial charge in [0.05, 0.1) is 6.61 Å². The monoisotopic (exact) mass is 425 g/mol. The van der Waals surface area contributed by atoms with Crippen LogP contribution in [0, 0.1) is 13.8 Å². The molecule has 0 heterocycles. The summed E-state index contributed by atoms with van der Waals surface area (Å²) in [4.78, 5) is 12.2. The van der Waals surface area contributed by atoms with E-state index in [9.17, 15) is 9.90 Å². The Morgan fingerprint density at radius 3 is 1.87 bits per heavy atom. The van der Waals surface area contributed by atoms with Gasteiger partial charge < -0.3 is 10.8 Å². The van der Waals surface area contributed by atoms with Crippen molar-refractivity contribution in [2.75, 3.05) is 13.7 Å². The molecule has 0 saturated heterocycles. The zero-order valence-electron chi connectivity index (χ0n) is 20.1. The predicted octanol–water partition coefficient (Wildman–Crippen LogP) is 6.06. The van der Waals surface area contributed by atoms with Gasteiger partial charge in [0.25, 0.3) is 0 Å². The Morgan fingerprint density at radius 2 is 1.32 bits per heavy atom. The number of carbonyl (C=O) groups excluding carboxylic acids is 1. The third-order valence-corrected chi connectivity index (χ3v) is 6.07. The van der Waals surface area contributed by atoms with E-state index in [1.807, 2.05) is 0 Å². The number of aliphatic hydroxyl groups excluding tert-OH is 1. The Bertz CT molecular complexity index is 737. The number of unbranched alkanes of at least 4 members (excludes halogenated alkanes) is 3. The minimum absolute atomic E-state index is 0.144. The molecule has 0 fully saturated rings. The highest BCUT2D eigenvalue weighted by Crippen LogP contribution is 2.29. The molecule has 0 aliphatic heterocycles. The maximum atomic E-state index is 12.2. The minimum Gasteiger partial charge on any atom is -0.395 e. The molecule has 0 aliphatic rings. The molecule has 0 amide bonds. The zero-order valence-corrected chi connectivity index (χ0v) is 20.1. The fraction of sp³-hybridized carbons (Fsp3) is 0.536. The van der Waals surface area contributed by atoms with Gasteiger partial charge in [0.15, 0.2) is 0 Å². The first kappa shape index (κ1) is 27.1. The smallest absolute Gasteiger partial charge is 0.132 e. The van der Waals surface area contributed by atoms with Gasteiger partial charge in [-0.2, -0.15) is 0 Å². The van der Waals surface area contributed by atoms with Crippen molar-refractivity contribution in [1.82, 2.24) is 0 Å². The average Bonchev–Trinajstić information content (AvgIpc) is 2.79. The maximum Gasteiger partial charge on any atom is 0.132 e. The van der Waals surface area contributed by atoms with Crippen molar-refractivity contribution in [3.05, 3.63) is 70.8 Å². The van der Waals surface area contributed by atoms with Crippen molar-refractivity contribution >= 4 is 5.78 Å². The van der Waals surface area contributed by atoms with Crippen LogP contribution in [-0.4, -0.2) is 24.5 Å². The van der Waals surface area contributed by atoms with Crippen molar-refractivity contribution < 1.29 is 9.90 Å². The van der Waals surface area contributed by atoms with Gasteiger partial charge in [0.2, 0.25) is 0 Å². The van der Waals surface area contributed by atoms with Crippen LogP contribution < -0.4 is 5.73 Å². The lowest BCUT2D eigenvalue weighted by Crippen LogP contribution is -2.26. The van der Waals surface area contributed by atoms with Crippen LogP contribution in [0.25, 0.3) is 0 Å². The van der Waals surface area contributed by atoms with Gasteiger partial charge in [-0.3, -0.25) is 4.79 Å². The highest BCUT2D eigenvalue weighted by Gasteiger charge is 2.25. The molecule has 2 aromatic rings. The van der Waals surface area contributed by atoms with E-state index in [0.717, 1.165) is 44.9 Å². The third kappa shape index (κ3) is 10.3. The van der Waals surface area contributed by atoms with Crippen LogP contribution in [0.4, 0.5) is 0 Å². The van der Waals surface area contributed by atoms with Crippen LogP contribution in [0.1, 0.15) is 80.5 Å². The van der Waals surface area contributed by atoms with Crippen LogP contribution in [0.2, 0.25) is 0 Å². The average molecular weight is 426 g/mol. The van der Waals surface area contributed by atoms with Gasteiger partial charge >= 0.3 is 0 Å². The standard InChI is InChI=1S/C27H38O2.CH5N/c1-22-12-16-24(17-13-22)9-5-4-6-10-26(29)11-7-8-20-27(3,21-28)25-18-14-23(2)15-19-25;1-2/h12-19,28H,4-11,20-21H2,1-3H3;2H2,1H3. The molecule has 3 heteroatoms. The van der Waals surface area contributed by atoms with Gasteiger partial charge in [0.1, 0.15) is 5.78 Å². The number of aliphatic hydroxyl groups is 1. The Kier molecular flexibility index (Phi) is 13.0. The minimum atomic E-state index is -0.216. The van der Waals surface area contributed by atoms with Gasteiger partial charge in [-0.1, -0.05) is 79.4 Å². The molecule has 2 aromatic carbocycles. The first-order chi connectivity index (χ1) is 14.9. The lowest BCUT2D eigenvalue weighted by atomic mass is 9.78. The molecular weight excluding hydrogens is 382 g/mol. The van der Waals surface area contributed by atoms with Crippen molar-refractivity contribution in [2.24, 2.45) is 5.73 Å². The number of Topliss-reactive ketones (excluding diaryl/α,β-unsaturated/α-hetero) is 1. The second kappa shape index (κ2) is 14.9. The number of benzene rings is 2. The number of aryl methyl sites for hydroxylation is 3. The van der Waals surface area contributed by atoms with Crippen LogP contribution in [-0.2, 0) is 16.6 Å².